The lowest BCUT2D eigenvalue weighted by atomic mass is 9.85. The van der Waals surface area contributed by atoms with Gasteiger partial charge in [-0.1, -0.05) is 0 Å². The van der Waals surface area contributed by atoms with Crippen LogP contribution in [0.5, 0.6) is 0 Å². The number of carbonyl (C=O) groups excluding carboxylic acids is 2. The van der Waals surface area contributed by atoms with Crippen LogP contribution in [0, 0.1) is 5.92 Å². The van der Waals surface area contributed by atoms with Gasteiger partial charge in [0, 0.05) is 5.92 Å². The monoisotopic (exact) mass is 124 g/mol. The third-order valence-corrected chi connectivity index (χ3v) is 1.40. The summed E-state index contributed by atoms with van der Waals surface area (Å²) in [7, 11) is 1.46. The van der Waals surface area contributed by atoms with Crippen LogP contribution in [-0.4, -0.2) is 37.8 Å². The topological polar surface area (TPSA) is 37.4 Å². The highest BCUT2D eigenvalue weighted by Crippen LogP contribution is 2.09. The van der Waals surface area contributed by atoms with E-state index in [4.69, 9.17) is 0 Å². The Bertz CT molecular complexity index is 122. The summed E-state index contributed by atoms with van der Waals surface area (Å²) >= 11 is 0. The molecule has 1 saturated heterocycles. The molecular weight excluding hydrogens is 117 g/mol. The van der Waals surface area contributed by atoms with Crippen molar-refractivity contribution in [2.75, 3.05) is 13.1 Å². The minimum Gasteiger partial charge on any atom is -0.338 e. The zero-order chi connectivity index (χ0) is 6.69. The van der Waals surface area contributed by atoms with E-state index in [1.165, 1.54) is 7.41 Å². The van der Waals surface area contributed by atoms with Gasteiger partial charge in [0.05, 0.1) is 6.19 Å². The van der Waals surface area contributed by atoms with Gasteiger partial charge >= 0.3 is 0 Å². The van der Waals surface area contributed by atoms with Crippen molar-refractivity contribution < 1.29 is 9.59 Å². The van der Waals surface area contributed by atoms with Crippen molar-refractivity contribution in [1.82, 2.24) is 4.81 Å². The minimum absolute atomic E-state index is 0.154. The van der Waals surface area contributed by atoms with Crippen molar-refractivity contribution in [3.05, 3.63) is 0 Å². The van der Waals surface area contributed by atoms with Crippen LogP contribution in [0.1, 0.15) is 0 Å². The average molecular weight is 124 g/mol. The Kier molecular flexibility index (Phi) is 2.00. The average Bonchev–Trinajstić information content (AvgIpc) is 1.77. The molecule has 0 aromatic heterocycles. The summed E-state index contributed by atoms with van der Waals surface area (Å²) in [5.74, 6) is 0.154. The number of carbonyl (C=O) groups is 2. The van der Waals surface area contributed by atoms with Gasteiger partial charge in [-0.25, -0.2) is 0 Å². The first-order valence-electron chi connectivity index (χ1n) is 2.85. The molecule has 0 N–H and O–H groups in total. The molecule has 1 aliphatic heterocycles. The highest BCUT2D eigenvalue weighted by Gasteiger charge is 2.25. The summed E-state index contributed by atoms with van der Waals surface area (Å²) in [4.78, 5) is 21.6. The number of hydrogen-bond donors (Lipinski definition) is 0. The fourth-order valence-corrected chi connectivity index (χ4v) is 0.843. The molecule has 0 aromatic rings. The molecule has 1 rings (SSSR count). The maximum Gasteiger partial charge on any atom is 0.293 e. The molecule has 9 heavy (non-hydrogen) atoms. The second kappa shape index (κ2) is 2.78. The standard InChI is InChI=1S/C5H7BNO2/c8-3-5-1-7(2-5)6-4-9/h3-5H,1-2H2. The van der Waals surface area contributed by atoms with Gasteiger partial charge in [0.2, 0.25) is 0 Å². The van der Waals surface area contributed by atoms with Crippen LogP contribution in [0.3, 0.4) is 0 Å². The van der Waals surface area contributed by atoms with Crippen LogP contribution in [-0.2, 0) is 9.59 Å². The first-order valence-corrected chi connectivity index (χ1v) is 2.85. The Labute approximate surface area is 54.3 Å². The molecule has 0 atom stereocenters. The SMILES string of the molecule is O=C[B]N1CC(C=O)C1. The van der Waals surface area contributed by atoms with Crippen LogP contribution in [0.2, 0.25) is 0 Å². The fourth-order valence-electron chi connectivity index (χ4n) is 0.843. The molecule has 0 amide bonds. The number of hydrogen-bond acceptors (Lipinski definition) is 3. The molecule has 3 nitrogen and oxygen atoms in total. The molecule has 0 saturated carbocycles. The number of aldehydes is 1. The van der Waals surface area contributed by atoms with E-state index in [-0.39, 0.29) is 5.92 Å². The van der Waals surface area contributed by atoms with Crippen LogP contribution in [0.15, 0.2) is 0 Å². The Morgan fingerprint density at radius 1 is 1.44 bits per heavy atom. The predicted octanol–water partition coefficient (Wildman–Crippen LogP) is -1.07. The van der Waals surface area contributed by atoms with E-state index in [9.17, 15) is 9.59 Å². The van der Waals surface area contributed by atoms with Gasteiger partial charge in [0.15, 0.2) is 0 Å². The van der Waals surface area contributed by atoms with Gasteiger partial charge in [-0.3, -0.25) is 0 Å². The summed E-state index contributed by atoms with van der Waals surface area (Å²) in [6.45, 7) is 1.42. The fraction of sp³-hybridized carbons (Fsp3) is 0.600. The summed E-state index contributed by atoms with van der Waals surface area (Å²) in [6.07, 6.45) is 1.66. The van der Waals surface area contributed by atoms with E-state index in [0.29, 0.717) is 13.1 Å². The molecular formula is C5H7BNO2. The molecule has 47 valence electrons. The molecule has 1 fully saturated rings. The van der Waals surface area contributed by atoms with Crippen molar-refractivity contribution in [2.24, 2.45) is 5.92 Å². The summed E-state index contributed by atoms with van der Waals surface area (Å²) in [5.41, 5.74) is 0. The van der Waals surface area contributed by atoms with E-state index >= 15 is 0 Å². The maximum atomic E-state index is 10.0. The molecule has 0 aromatic carbocycles. The zero-order valence-electron chi connectivity index (χ0n) is 4.99. The smallest absolute Gasteiger partial charge is 0.293 e. The second-order valence-corrected chi connectivity index (χ2v) is 2.14. The number of nitrogens with zero attached hydrogens (tertiary/aromatic N) is 1. The van der Waals surface area contributed by atoms with Gasteiger partial charge in [-0.2, -0.15) is 0 Å². The molecule has 1 heterocycles. The van der Waals surface area contributed by atoms with E-state index in [2.05, 4.69) is 0 Å². The van der Waals surface area contributed by atoms with E-state index in [0.717, 1.165) is 12.5 Å². The first-order chi connectivity index (χ1) is 4.36. The van der Waals surface area contributed by atoms with E-state index in [1.54, 1.807) is 0 Å². The van der Waals surface area contributed by atoms with Crippen molar-refractivity contribution >= 4 is 19.9 Å². The third kappa shape index (κ3) is 1.39. The quantitative estimate of drug-likeness (QED) is 0.355. The van der Waals surface area contributed by atoms with Crippen LogP contribution >= 0.6 is 0 Å². The Hall–Kier alpha value is -0.635. The maximum absolute atomic E-state index is 10.0. The minimum atomic E-state index is 0.154. The van der Waals surface area contributed by atoms with Gasteiger partial charge in [0.25, 0.3) is 7.41 Å². The largest absolute Gasteiger partial charge is 0.338 e. The molecule has 1 aliphatic rings. The lowest BCUT2D eigenvalue weighted by Crippen LogP contribution is -2.49. The highest BCUT2D eigenvalue weighted by molar-refractivity contribution is 6.64. The predicted molar refractivity (Wildman–Crippen MR) is 33.6 cm³/mol. The van der Waals surface area contributed by atoms with Gasteiger partial charge in [-0.15, -0.1) is 0 Å². The molecule has 4 heteroatoms. The Morgan fingerprint density at radius 2 is 2.11 bits per heavy atom. The van der Waals surface area contributed by atoms with Gasteiger partial charge in [0.1, 0.15) is 6.29 Å². The van der Waals surface area contributed by atoms with E-state index in [1.807, 2.05) is 4.81 Å². The summed E-state index contributed by atoms with van der Waals surface area (Å²) in [5, 5.41) is 0. The summed E-state index contributed by atoms with van der Waals surface area (Å²) in [6, 6.07) is 0. The molecule has 1 radical (unpaired) electrons. The lowest BCUT2D eigenvalue weighted by Gasteiger charge is -2.34. The molecule has 0 unspecified atom stereocenters. The van der Waals surface area contributed by atoms with Crippen LogP contribution in [0.25, 0.3) is 0 Å². The van der Waals surface area contributed by atoms with E-state index < -0.39 is 0 Å². The van der Waals surface area contributed by atoms with Gasteiger partial charge < -0.3 is 14.4 Å². The lowest BCUT2D eigenvalue weighted by molar-refractivity contribution is -0.113. The van der Waals surface area contributed by atoms with Crippen LogP contribution < -0.4 is 0 Å². The first kappa shape index (κ1) is 6.48. The molecule has 0 aliphatic carbocycles. The molecule has 0 bridgehead atoms. The Balaban J connectivity index is 2.11. The van der Waals surface area contributed by atoms with Gasteiger partial charge in [-0.05, 0) is 13.1 Å². The molecule has 0 spiro atoms. The number of rotatable bonds is 3. The Morgan fingerprint density at radius 3 is 2.56 bits per heavy atom. The van der Waals surface area contributed by atoms with Crippen molar-refractivity contribution in [2.45, 2.75) is 0 Å². The van der Waals surface area contributed by atoms with Crippen molar-refractivity contribution in [1.29, 1.82) is 0 Å². The normalized spacial score (nSPS) is 20.4. The summed E-state index contributed by atoms with van der Waals surface area (Å²) < 4.78 is 0. The third-order valence-electron chi connectivity index (χ3n) is 1.40. The zero-order valence-corrected chi connectivity index (χ0v) is 4.99. The second-order valence-electron chi connectivity index (χ2n) is 2.14. The highest BCUT2D eigenvalue weighted by atomic mass is 16.1. The van der Waals surface area contributed by atoms with Crippen molar-refractivity contribution in [3.8, 4) is 0 Å². The van der Waals surface area contributed by atoms with Crippen LogP contribution in [0.4, 0.5) is 0 Å². The van der Waals surface area contributed by atoms with Crippen molar-refractivity contribution in [3.63, 3.8) is 0 Å².